The molecule has 0 spiro atoms. The van der Waals surface area contributed by atoms with Gasteiger partial charge >= 0.3 is 0 Å². The summed E-state index contributed by atoms with van der Waals surface area (Å²) < 4.78 is 13.2. The first kappa shape index (κ1) is 21.0. The molecule has 1 heterocycles. The van der Waals surface area contributed by atoms with Crippen LogP contribution >= 0.6 is 0 Å². The molecule has 2 aliphatic rings. The Hall–Kier alpha value is -3.22. The van der Waals surface area contributed by atoms with Crippen molar-refractivity contribution in [3.63, 3.8) is 0 Å². The van der Waals surface area contributed by atoms with Crippen molar-refractivity contribution in [1.82, 2.24) is 9.80 Å². The fourth-order valence-electron chi connectivity index (χ4n) is 4.12. The van der Waals surface area contributed by atoms with Crippen molar-refractivity contribution in [1.29, 1.82) is 0 Å². The SMILES string of the molecule is NC(=O)c1ccc(CN(C(=O)C2CCCN(C(=O)c3ccc(F)cc3)C2)C2CC2)cc1. The quantitative estimate of drug-likeness (QED) is 0.775. The van der Waals surface area contributed by atoms with E-state index in [0.29, 0.717) is 30.8 Å². The first-order valence-electron chi connectivity index (χ1n) is 10.7. The molecule has 31 heavy (non-hydrogen) atoms. The van der Waals surface area contributed by atoms with Crippen LogP contribution in [0.2, 0.25) is 0 Å². The lowest BCUT2D eigenvalue weighted by Crippen LogP contribution is -2.47. The average molecular weight is 423 g/mol. The van der Waals surface area contributed by atoms with Crippen LogP contribution in [0.5, 0.6) is 0 Å². The molecule has 2 aromatic carbocycles. The number of nitrogens with two attached hydrogens (primary N) is 1. The second-order valence-corrected chi connectivity index (χ2v) is 8.36. The van der Waals surface area contributed by atoms with Crippen LogP contribution < -0.4 is 5.73 Å². The van der Waals surface area contributed by atoms with Gasteiger partial charge in [0.2, 0.25) is 11.8 Å². The van der Waals surface area contributed by atoms with Crippen molar-refractivity contribution in [2.24, 2.45) is 11.7 Å². The summed E-state index contributed by atoms with van der Waals surface area (Å²) in [4.78, 5) is 41.1. The number of likely N-dealkylation sites (tertiary alicyclic amines) is 1. The zero-order valence-corrected chi connectivity index (χ0v) is 17.3. The van der Waals surface area contributed by atoms with Crippen LogP contribution in [-0.2, 0) is 11.3 Å². The fourth-order valence-corrected chi connectivity index (χ4v) is 4.12. The van der Waals surface area contributed by atoms with Crippen LogP contribution in [0.15, 0.2) is 48.5 Å². The maximum Gasteiger partial charge on any atom is 0.253 e. The minimum Gasteiger partial charge on any atom is -0.366 e. The average Bonchev–Trinajstić information content (AvgIpc) is 3.63. The van der Waals surface area contributed by atoms with Crippen LogP contribution in [0, 0.1) is 11.7 Å². The lowest BCUT2D eigenvalue weighted by Gasteiger charge is -2.35. The third-order valence-electron chi connectivity index (χ3n) is 6.01. The highest BCUT2D eigenvalue weighted by molar-refractivity contribution is 5.95. The molecule has 2 fully saturated rings. The second kappa shape index (κ2) is 8.88. The molecule has 0 aromatic heterocycles. The number of piperidine rings is 1. The summed E-state index contributed by atoms with van der Waals surface area (Å²) in [5, 5.41) is 0. The number of nitrogens with zero attached hydrogens (tertiary/aromatic N) is 2. The summed E-state index contributed by atoms with van der Waals surface area (Å²) in [7, 11) is 0. The topological polar surface area (TPSA) is 83.7 Å². The molecular formula is C24H26FN3O3. The Morgan fingerprint density at radius 3 is 2.23 bits per heavy atom. The third-order valence-corrected chi connectivity index (χ3v) is 6.01. The first-order chi connectivity index (χ1) is 14.9. The van der Waals surface area contributed by atoms with Gasteiger partial charge in [-0.2, -0.15) is 0 Å². The number of amides is 3. The van der Waals surface area contributed by atoms with Crippen molar-refractivity contribution in [2.75, 3.05) is 13.1 Å². The van der Waals surface area contributed by atoms with E-state index in [2.05, 4.69) is 0 Å². The van der Waals surface area contributed by atoms with Gasteiger partial charge in [0.05, 0.1) is 5.92 Å². The second-order valence-electron chi connectivity index (χ2n) is 8.36. The van der Waals surface area contributed by atoms with Gasteiger partial charge in [-0.3, -0.25) is 14.4 Å². The normalized spacial score (nSPS) is 18.5. The number of rotatable bonds is 6. The van der Waals surface area contributed by atoms with Gasteiger partial charge in [-0.25, -0.2) is 4.39 Å². The Morgan fingerprint density at radius 1 is 0.968 bits per heavy atom. The van der Waals surface area contributed by atoms with Crippen molar-refractivity contribution < 1.29 is 18.8 Å². The summed E-state index contributed by atoms with van der Waals surface area (Å²) in [6, 6.07) is 12.8. The largest absolute Gasteiger partial charge is 0.366 e. The Morgan fingerprint density at radius 2 is 1.61 bits per heavy atom. The molecule has 2 aromatic rings. The van der Waals surface area contributed by atoms with Crippen LogP contribution in [-0.4, -0.2) is 46.7 Å². The number of halogens is 1. The highest BCUT2D eigenvalue weighted by atomic mass is 19.1. The lowest BCUT2D eigenvalue weighted by molar-refractivity contribution is -0.138. The van der Waals surface area contributed by atoms with Gasteiger partial charge in [-0.05, 0) is 67.6 Å². The standard InChI is InChI=1S/C24H26FN3O3/c25-20-9-7-18(8-10-20)23(30)27-13-1-2-19(15-27)24(31)28(21-11-12-21)14-16-3-5-17(6-4-16)22(26)29/h3-10,19,21H,1-2,11-15H2,(H2,26,29). The van der Waals surface area contributed by atoms with Gasteiger partial charge in [0.25, 0.3) is 5.91 Å². The molecule has 1 aliphatic carbocycles. The molecule has 4 rings (SSSR count). The molecule has 0 bridgehead atoms. The van der Waals surface area contributed by atoms with Gasteiger partial charge < -0.3 is 15.5 Å². The van der Waals surface area contributed by atoms with E-state index in [1.807, 2.05) is 17.0 Å². The number of carbonyl (C=O) groups is 3. The summed E-state index contributed by atoms with van der Waals surface area (Å²) in [6.45, 7) is 1.45. The molecule has 1 saturated carbocycles. The molecule has 3 amide bonds. The van der Waals surface area contributed by atoms with Crippen LogP contribution in [0.25, 0.3) is 0 Å². The van der Waals surface area contributed by atoms with E-state index in [0.717, 1.165) is 31.2 Å². The summed E-state index contributed by atoms with van der Waals surface area (Å²) in [5.74, 6) is -1.21. The predicted molar refractivity (Wildman–Crippen MR) is 114 cm³/mol. The number of carbonyl (C=O) groups excluding carboxylic acids is 3. The highest BCUT2D eigenvalue weighted by Gasteiger charge is 2.38. The van der Waals surface area contributed by atoms with Crippen molar-refractivity contribution in [3.8, 4) is 0 Å². The molecular weight excluding hydrogens is 397 g/mol. The molecule has 2 N–H and O–H groups in total. The summed E-state index contributed by atoms with van der Waals surface area (Å²) >= 11 is 0. The molecule has 162 valence electrons. The van der Waals surface area contributed by atoms with Crippen molar-refractivity contribution >= 4 is 17.7 Å². The van der Waals surface area contributed by atoms with Gasteiger partial charge in [0.1, 0.15) is 5.82 Å². The fraction of sp³-hybridized carbons (Fsp3) is 0.375. The third kappa shape index (κ3) is 4.93. The van der Waals surface area contributed by atoms with Crippen molar-refractivity contribution in [2.45, 2.75) is 38.3 Å². The Bertz CT molecular complexity index is 971. The van der Waals surface area contributed by atoms with Crippen molar-refractivity contribution in [3.05, 3.63) is 71.0 Å². The van der Waals surface area contributed by atoms with Gasteiger partial charge in [0, 0.05) is 36.8 Å². The molecule has 1 saturated heterocycles. The van der Waals surface area contributed by atoms with E-state index in [1.54, 1.807) is 17.0 Å². The maximum atomic E-state index is 13.4. The molecule has 7 heteroatoms. The predicted octanol–water partition coefficient (Wildman–Crippen LogP) is 2.97. The van der Waals surface area contributed by atoms with Gasteiger partial charge in [-0.15, -0.1) is 0 Å². The smallest absolute Gasteiger partial charge is 0.253 e. The van der Waals surface area contributed by atoms with Crippen LogP contribution in [0.4, 0.5) is 4.39 Å². The van der Waals surface area contributed by atoms with Gasteiger partial charge in [0.15, 0.2) is 0 Å². The molecule has 6 nitrogen and oxygen atoms in total. The number of hydrogen-bond donors (Lipinski definition) is 1. The molecule has 1 aliphatic heterocycles. The van der Waals surface area contributed by atoms with E-state index < -0.39 is 5.91 Å². The summed E-state index contributed by atoms with van der Waals surface area (Å²) in [6.07, 6.45) is 3.47. The zero-order valence-electron chi connectivity index (χ0n) is 17.3. The molecule has 0 radical (unpaired) electrons. The summed E-state index contributed by atoms with van der Waals surface area (Å²) in [5.41, 5.74) is 7.12. The minimum atomic E-state index is -0.477. The van der Waals surface area contributed by atoms with E-state index in [-0.39, 0.29) is 29.6 Å². The highest BCUT2D eigenvalue weighted by Crippen LogP contribution is 2.32. The van der Waals surface area contributed by atoms with Crippen LogP contribution in [0.1, 0.15) is 52.0 Å². The van der Waals surface area contributed by atoms with Crippen LogP contribution in [0.3, 0.4) is 0 Å². The monoisotopic (exact) mass is 423 g/mol. The van der Waals surface area contributed by atoms with E-state index in [9.17, 15) is 18.8 Å². The number of primary amides is 1. The number of hydrogen-bond acceptors (Lipinski definition) is 3. The van der Waals surface area contributed by atoms with Gasteiger partial charge in [-0.1, -0.05) is 12.1 Å². The lowest BCUT2D eigenvalue weighted by atomic mass is 9.95. The Labute approximate surface area is 180 Å². The number of benzene rings is 2. The molecule has 1 unspecified atom stereocenters. The Kier molecular flexibility index (Phi) is 6.02. The zero-order chi connectivity index (χ0) is 22.0. The van der Waals surface area contributed by atoms with E-state index in [1.165, 1.54) is 24.3 Å². The maximum absolute atomic E-state index is 13.4. The van der Waals surface area contributed by atoms with E-state index >= 15 is 0 Å². The van der Waals surface area contributed by atoms with E-state index in [4.69, 9.17) is 5.73 Å². The molecule has 1 atom stereocenters. The minimum absolute atomic E-state index is 0.0677. The Balaban J connectivity index is 1.44. The first-order valence-corrected chi connectivity index (χ1v) is 10.7.